The van der Waals surface area contributed by atoms with Gasteiger partial charge in [-0.3, -0.25) is 4.98 Å². The van der Waals surface area contributed by atoms with Crippen molar-refractivity contribution >= 4 is 29.9 Å². The monoisotopic (exact) mass is 410 g/mol. The van der Waals surface area contributed by atoms with E-state index in [1.54, 1.807) is 0 Å². The van der Waals surface area contributed by atoms with Crippen molar-refractivity contribution in [3.8, 4) is 0 Å². The van der Waals surface area contributed by atoms with Gasteiger partial charge < -0.3 is 10.2 Å². The number of nitrogens with one attached hydrogen (secondary N) is 1. The number of benzene rings is 1. The molecular formula is C17H23IN4. The van der Waals surface area contributed by atoms with Crippen LogP contribution in [0.3, 0.4) is 0 Å². The van der Waals surface area contributed by atoms with E-state index in [9.17, 15) is 0 Å². The molecule has 0 aliphatic heterocycles. The van der Waals surface area contributed by atoms with Crippen molar-refractivity contribution in [1.29, 1.82) is 0 Å². The summed E-state index contributed by atoms with van der Waals surface area (Å²) < 4.78 is 0. The second-order valence-electron chi connectivity index (χ2n) is 5.14. The summed E-state index contributed by atoms with van der Waals surface area (Å²) in [6, 6.07) is 16.3. The van der Waals surface area contributed by atoms with E-state index in [-0.39, 0.29) is 24.0 Å². The molecule has 0 radical (unpaired) electrons. The second-order valence-corrected chi connectivity index (χ2v) is 5.14. The van der Waals surface area contributed by atoms with Gasteiger partial charge in [0.25, 0.3) is 0 Å². The van der Waals surface area contributed by atoms with Crippen molar-refractivity contribution in [3.63, 3.8) is 0 Å². The van der Waals surface area contributed by atoms with E-state index < -0.39 is 0 Å². The molecular weight excluding hydrogens is 387 g/mol. The Morgan fingerprint density at radius 2 is 1.82 bits per heavy atom. The molecule has 0 unspecified atom stereocenters. The standard InChI is InChI=1S/C17H22N4.HI/c1-14-8-7-11-16(20-14)13-19-17(21(2)3)18-12-15-9-5-4-6-10-15;/h4-11H,12-13H2,1-3H3,(H,18,19);1H. The van der Waals surface area contributed by atoms with Crippen molar-refractivity contribution < 1.29 is 0 Å². The van der Waals surface area contributed by atoms with E-state index in [2.05, 4.69) is 27.4 Å². The van der Waals surface area contributed by atoms with Crippen molar-refractivity contribution in [2.24, 2.45) is 4.99 Å². The fraction of sp³-hybridized carbons (Fsp3) is 0.294. The molecule has 2 aromatic rings. The molecule has 22 heavy (non-hydrogen) atoms. The average molecular weight is 410 g/mol. The minimum absolute atomic E-state index is 0. The number of aliphatic imine (C=N–C) groups is 1. The smallest absolute Gasteiger partial charge is 0.194 e. The quantitative estimate of drug-likeness (QED) is 0.478. The first-order chi connectivity index (χ1) is 10.1. The molecule has 1 aromatic carbocycles. The van der Waals surface area contributed by atoms with Crippen molar-refractivity contribution in [1.82, 2.24) is 15.2 Å². The molecule has 2 rings (SSSR count). The summed E-state index contributed by atoms with van der Waals surface area (Å²) in [6.07, 6.45) is 0. The first-order valence-electron chi connectivity index (χ1n) is 7.07. The molecule has 0 saturated carbocycles. The maximum Gasteiger partial charge on any atom is 0.194 e. The maximum absolute atomic E-state index is 4.63. The third-order valence-electron chi connectivity index (χ3n) is 3.05. The van der Waals surface area contributed by atoms with E-state index in [0.717, 1.165) is 17.3 Å². The molecule has 1 aromatic heterocycles. The number of pyridine rings is 1. The normalized spacial score (nSPS) is 10.8. The summed E-state index contributed by atoms with van der Waals surface area (Å²) in [4.78, 5) is 11.1. The van der Waals surface area contributed by atoms with Crippen molar-refractivity contribution in [3.05, 3.63) is 65.5 Å². The highest BCUT2D eigenvalue weighted by Gasteiger charge is 2.02. The van der Waals surface area contributed by atoms with Crippen LogP contribution in [0.2, 0.25) is 0 Å². The highest BCUT2D eigenvalue weighted by Crippen LogP contribution is 2.01. The predicted molar refractivity (Wildman–Crippen MR) is 102 cm³/mol. The van der Waals surface area contributed by atoms with Crippen molar-refractivity contribution in [2.75, 3.05) is 14.1 Å². The summed E-state index contributed by atoms with van der Waals surface area (Å²) in [6.45, 7) is 3.34. The van der Waals surface area contributed by atoms with Gasteiger partial charge in [-0.15, -0.1) is 24.0 Å². The minimum Gasteiger partial charge on any atom is -0.351 e. The topological polar surface area (TPSA) is 40.5 Å². The van der Waals surface area contributed by atoms with E-state index in [1.165, 1.54) is 5.56 Å². The average Bonchev–Trinajstić information content (AvgIpc) is 2.48. The molecule has 0 spiro atoms. The lowest BCUT2D eigenvalue weighted by molar-refractivity contribution is 0.577. The van der Waals surface area contributed by atoms with Crippen LogP contribution in [0.4, 0.5) is 0 Å². The number of aryl methyl sites for hydroxylation is 1. The molecule has 0 aliphatic rings. The molecule has 0 atom stereocenters. The number of hydrogen-bond acceptors (Lipinski definition) is 2. The molecule has 1 heterocycles. The summed E-state index contributed by atoms with van der Waals surface area (Å²) in [5.74, 6) is 0.863. The van der Waals surface area contributed by atoms with Crippen LogP contribution in [0.15, 0.2) is 53.5 Å². The van der Waals surface area contributed by atoms with Gasteiger partial charge in [-0.1, -0.05) is 36.4 Å². The Morgan fingerprint density at radius 3 is 2.45 bits per heavy atom. The van der Waals surface area contributed by atoms with Crippen LogP contribution in [0, 0.1) is 6.92 Å². The third kappa shape index (κ3) is 6.01. The number of nitrogens with zero attached hydrogens (tertiary/aromatic N) is 3. The van der Waals surface area contributed by atoms with Gasteiger partial charge in [0.05, 0.1) is 18.8 Å². The van der Waals surface area contributed by atoms with E-state index in [4.69, 9.17) is 0 Å². The van der Waals surface area contributed by atoms with E-state index in [1.807, 2.05) is 62.3 Å². The van der Waals surface area contributed by atoms with Gasteiger partial charge in [-0.05, 0) is 24.6 Å². The Hall–Kier alpha value is -1.63. The van der Waals surface area contributed by atoms with Gasteiger partial charge in [0, 0.05) is 19.8 Å². The molecule has 0 bridgehead atoms. The highest BCUT2D eigenvalue weighted by molar-refractivity contribution is 14.0. The lowest BCUT2D eigenvalue weighted by atomic mass is 10.2. The largest absolute Gasteiger partial charge is 0.351 e. The lowest BCUT2D eigenvalue weighted by Gasteiger charge is -2.17. The molecule has 118 valence electrons. The SMILES string of the molecule is Cc1cccc(CNC(=NCc2ccccc2)N(C)C)n1.I. The zero-order valence-electron chi connectivity index (χ0n) is 13.3. The van der Waals surface area contributed by atoms with Crippen LogP contribution in [0.1, 0.15) is 17.0 Å². The zero-order valence-corrected chi connectivity index (χ0v) is 15.6. The summed E-state index contributed by atoms with van der Waals surface area (Å²) in [5, 5.41) is 3.35. The first kappa shape index (κ1) is 18.4. The van der Waals surface area contributed by atoms with Gasteiger partial charge >= 0.3 is 0 Å². The van der Waals surface area contributed by atoms with Crippen molar-refractivity contribution in [2.45, 2.75) is 20.0 Å². The number of halogens is 1. The molecule has 1 N–H and O–H groups in total. The molecule has 0 amide bonds. The summed E-state index contributed by atoms with van der Waals surface area (Å²) >= 11 is 0. The third-order valence-corrected chi connectivity index (χ3v) is 3.05. The zero-order chi connectivity index (χ0) is 15.1. The maximum atomic E-state index is 4.63. The summed E-state index contributed by atoms with van der Waals surface area (Å²) in [5.41, 5.74) is 3.25. The van der Waals surface area contributed by atoms with Gasteiger partial charge in [0.2, 0.25) is 0 Å². The molecule has 0 saturated heterocycles. The fourth-order valence-corrected chi connectivity index (χ4v) is 1.97. The van der Waals surface area contributed by atoms with Crippen LogP contribution in [-0.2, 0) is 13.1 Å². The second kappa shape index (κ2) is 9.40. The number of hydrogen-bond donors (Lipinski definition) is 1. The summed E-state index contributed by atoms with van der Waals surface area (Å²) in [7, 11) is 3.97. The van der Waals surface area contributed by atoms with Crippen LogP contribution in [-0.4, -0.2) is 29.9 Å². The van der Waals surface area contributed by atoms with Crippen LogP contribution in [0.25, 0.3) is 0 Å². The van der Waals surface area contributed by atoms with Gasteiger partial charge in [0.15, 0.2) is 5.96 Å². The Kier molecular flexibility index (Phi) is 7.87. The Bertz CT molecular complexity index is 597. The predicted octanol–water partition coefficient (Wildman–Crippen LogP) is 3.22. The fourth-order valence-electron chi connectivity index (χ4n) is 1.97. The minimum atomic E-state index is 0. The van der Waals surface area contributed by atoms with Gasteiger partial charge in [-0.25, -0.2) is 4.99 Å². The molecule has 4 nitrogen and oxygen atoms in total. The lowest BCUT2D eigenvalue weighted by Crippen LogP contribution is -2.36. The van der Waals surface area contributed by atoms with Crippen LogP contribution < -0.4 is 5.32 Å². The van der Waals surface area contributed by atoms with E-state index in [0.29, 0.717) is 13.1 Å². The number of guanidine groups is 1. The highest BCUT2D eigenvalue weighted by atomic mass is 127. The Morgan fingerprint density at radius 1 is 1.09 bits per heavy atom. The Labute approximate surface area is 149 Å². The molecule has 5 heteroatoms. The van der Waals surface area contributed by atoms with Crippen LogP contribution >= 0.6 is 24.0 Å². The first-order valence-corrected chi connectivity index (χ1v) is 7.07. The van der Waals surface area contributed by atoms with Gasteiger partial charge in [-0.2, -0.15) is 0 Å². The van der Waals surface area contributed by atoms with E-state index >= 15 is 0 Å². The number of rotatable bonds is 4. The molecule has 0 aliphatic carbocycles. The molecule has 0 fully saturated rings. The van der Waals surface area contributed by atoms with Gasteiger partial charge in [0.1, 0.15) is 0 Å². The van der Waals surface area contributed by atoms with Crippen LogP contribution in [0.5, 0.6) is 0 Å². The number of aromatic nitrogens is 1. The Balaban J connectivity index is 0.00000242.